The summed E-state index contributed by atoms with van der Waals surface area (Å²) in [5, 5.41) is 13.3. The van der Waals surface area contributed by atoms with E-state index in [-0.39, 0.29) is 28.4 Å². The van der Waals surface area contributed by atoms with E-state index in [0.29, 0.717) is 5.75 Å². The van der Waals surface area contributed by atoms with Crippen LogP contribution in [0.1, 0.15) is 10.4 Å². The molecule has 0 saturated heterocycles. The predicted octanol–water partition coefficient (Wildman–Crippen LogP) is 2.42. The van der Waals surface area contributed by atoms with Gasteiger partial charge in [-0.3, -0.25) is 14.9 Å². The number of carbonyl (C=O) groups is 2. The van der Waals surface area contributed by atoms with Crippen LogP contribution in [0.5, 0.6) is 17.2 Å². The molecule has 0 atom stereocenters. The highest BCUT2D eigenvalue weighted by Gasteiger charge is 2.18. The molecule has 0 aliphatic rings. The van der Waals surface area contributed by atoms with Crippen LogP contribution in [-0.2, 0) is 9.53 Å². The van der Waals surface area contributed by atoms with Crippen molar-refractivity contribution in [3.8, 4) is 17.2 Å². The molecule has 2 aromatic carbocycles. The van der Waals surface area contributed by atoms with Crippen molar-refractivity contribution in [3.63, 3.8) is 0 Å². The molecular formula is C18H18N2O8. The summed E-state index contributed by atoms with van der Waals surface area (Å²) in [4.78, 5) is 34.5. The van der Waals surface area contributed by atoms with E-state index < -0.39 is 23.4 Å². The quantitative estimate of drug-likeness (QED) is 0.414. The number of non-ortho nitro benzene ring substituents is 1. The Kier molecular flexibility index (Phi) is 6.74. The Balaban J connectivity index is 2.05. The fourth-order valence-electron chi connectivity index (χ4n) is 2.27. The van der Waals surface area contributed by atoms with Crippen molar-refractivity contribution in [1.82, 2.24) is 0 Å². The van der Waals surface area contributed by atoms with E-state index in [9.17, 15) is 19.7 Å². The minimum absolute atomic E-state index is 0.0996. The zero-order chi connectivity index (χ0) is 20.7. The van der Waals surface area contributed by atoms with Gasteiger partial charge in [0, 0.05) is 6.07 Å². The number of carbonyl (C=O) groups excluding carboxylic acids is 2. The van der Waals surface area contributed by atoms with E-state index >= 15 is 0 Å². The Hall–Kier alpha value is -3.82. The zero-order valence-corrected chi connectivity index (χ0v) is 15.4. The highest BCUT2D eigenvalue weighted by molar-refractivity contribution is 5.97. The van der Waals surface area contributed by atoms with Gasteiger partial charge in [-0.05, 0) is 24.3 Å². The second-order valence-corrected chi connectivity index (χ2v) is 5.33. The van der Waals surface area contributed by atoms with Crippen LogP contribution in [0.3, 0.4) is 0 Å². The van der Waals surface area contributed by atoms with E-state index in [4.69, 9.17) is 18.9 Å². The Morgan fingerprint density at radius 1 is 1.00 bits per heavy atom. The second kappa shape index (κ2) is 9.21. The molecule has 148 valence electrons. The molecule has 0 heterocycles. The van der Waals surface area contributed by atoms with Crippen molar-refractivity contribution < 1.29 is 33.5 Å². The summed E-state index contributed by atoms with van der Waals surface area (Å²) >= 11 is 0. The first kappa shape index (κ1) is 20.5. The van der Waals surface area contributed by atoms with Gasteiger partial charge in [-0.15, -0.1) is 0 Å². The van der Waals surface area contributed by atoms with Gasteiger partial charge >= 0.3 is 5.97 Å². The Bertz CT molecular complexity index is 897. The molecule has 0 saturated carbocycles. The topological polar surface area (TPSA) is 126 Å². The first-order valence-electron chi connectivity index (χ1n) is 7.91. The molecule has 10 nitrogen and oxygen atoms in total. The lowest BCUT2D eigenvalue weighted by Gasteiger charge is -2.12. The first-order chi connectivity index (χ1) is 13.4. The monoisotopic (exact) mass is 390 g/mol. The van der Waals surface area contributed by atoms with Crippen molar-refractivity contribution in [2.75, 3.05) is 33.3 Å². The normalized spacial score (nSPS) is 9.96. The summed E-state index contributed by atoms with van der Waals surface area (Å²) in [5.41, 5.74) is 0.113. The smallest absolute Gasteiger partial charge is 0.342 e. The van der Waals surface area contributed by atoms with Crippen LogP contribution < -0.4 is 19.5 Å². The Labute approximate surface area is 160 Å². The number of ether oxygens (including phenoxy) is 4. The van der Waals surface area contributed by atoms with Crippen LogP contribution in [-0.4, -0.2) is 44.7 Å². The van der Waals surface area contributed by atoms with Crippen molar-refractivity contribution in [2.24, 2.45) is 0 Å². The number of esters is 1. The maximum Gasteiger partial charge on any atom is 0.342 e. The molecule has 10 heteroatoms. The molecule has 0 radical (unpaired) electrons. The number of methoxy groups -OCH3 is 3. The van der Waals surface area contributed by atoms with Gasteiger partial charge in [0.1, 0.15) is 22.8 Å². The molecule has 0 fully saturated rings. The van der Waals surface area contributed by atoms with E-state index in [1.54, 1.807) is 6.07 Å². The number of hydrogen-bond donors (Lipinski definition) is 1. The average Bonchev–Trinajstić information content (AvgIpc) is 2.71. The summed E-state index contributed by atoms with van der Waals surface area (Å²) in [7, 11) is 4.15. The fourth-order valence-corrected chi connectivity index (χ4v) is 2.27. The largest absolute Gasteiger partial charge is 0.497 e. The van der Waals surface area contributed by atoms with Crippen molar-refractivity contribution in [1.29, 1.82) is 0 Å². The van der Waals surface area contributed by atoms with Crippen LogP contribution in [0.4, 0.5) is 11.4 Å². The summed E-state index contributed by atoms with van der Waals surface area (Å²) in [6.45, 7) is -0.584. The number of amides is 1. The lowest BCUT2D eigenvalue weighted by atomic mass is 10.2. The van der Waals surface area contributed by atoms with Crippen LogP contribution >= 0.6 is 0 Å². The van der Waals surface area contributed by atoms with Crippen molar-refractivity contribution >= 4 is 23.3 Å². The minimum Gasteiger partial charge on any atom is -0.497 e. The van der Waals surface area contributed by atoms with Gasteiger partial charge in [0.25, 0.3) is 11.6 Å². The molecule has 0 aliphatic carbocycles. The SMILES string of the molecule is COc1ccc(OC)c(C(=O)OCC(=O)Nc2ccc([N+](=O)[O-])cc2OC)c1. The lowest BCUT2D eigenvalue weighted by molar-refractivity contribution is -0.384. The number of rotatable bonds is 8. The third-order valence-corrected chi connectivity index (χ3v) is 3.63. The first-order valence-corrected chi connectivity index (χ1v) is 7.91. The third-order valence-electron chi connectivity index (χ3n) is 3.63. The molecule has 2 rings (SSSR count). The summed E-state index contributed by atoms with van der Waals surface area (Å²) in [5.74, 6) is -0.636. The number of nitro benzene ring substituents is 1. The Morgan fingerprint density at radius 3 is 2.32 bits per heavy atom. The predicted molar refractivity (Wildman–Crippen MR) is 98.1 cm³/mol. The van der Waals surface area contributed by atoms with Crippen LogP contribution in [0.15, 0.2) is 36.4 Å². The van der Waals surface area contributed by atoms with Gasteiger partial charge in [-0.1, -0.05) is 0 Å². The number of hydrogen-bond acceptors (Lipinski definition) is 8. The summed E-state index contributed by atoms with van der Waals surface area (Å²) in [6.07, 6.45) is 0. The number of anilines is 1. The maximum absolute atomic E-state index is 12.3. The maximum atomic E-state index is 12.3. The molecule has 0 bridgehead atoms. The van der Waals surface area contributed by atoms with Crippen molar-refractivity contribution in [3.05, 3.63) is 52.1 Å². The van der Waals surface area contributed by atoms with Gasteiger partial charge in [0.2, 0.25) is 0 Å². The molecule has 1 amide bonds. The zero-order valence-electron chi connectivity index (χ0n) is 15.4. The van der Waals surface area contributed by atoms with Gasteiger partial charge in [-0.25, -0.2) is 4.79 Å². The standard InChI is InChI=1S/C18H18N2O8/c1-25-12-5-7-15(26-2)13(9-12)18(22)28-10-17(21)19-14-6-4-11(20(23)24)8-16(14)27-3/h4-9H,10H2,1-3H3,(H,19,21). The highest BCUT2D eigenvalue weighted by atomic mass is 16.6. The van der Waals surface area contributed by atoms with Gasteiger partial charge in [-0.2, -0.15) is 0 Å². The minimum atomic E-state index is -0.776. The molecule has 2 aromatic rings. The molecule has 0 aromatic heterocycles. The molecule has 28 heavy (non-hydrogen) atoms. The summed E-state index contributed by atoms with van der Waals surface area (Å²) < 4.78 is 20.2. The van der Waals surface area contributed by atoms with Crippen LogP contribution in [0.25, 0.3) is 0 Å². The van der Waals surface area contributed by atoms with E-state index in [1.165, 1.54) is 51.7 Å². The molecule has 0 spiro atoms. The second-order valence-electron chi connectivity index (χ2n) is 5.33. The van der Waals surface area contributed by atoms with Crippen LogP contribution in [0.2, 0.25) is 0 Å². The van der Waals surface area contributed by atoms with E-state index in [1.807, 2.05) is 0 Å². The molecule has 0 aliphatic heterocycles. The molecular weight excluding hydrogens is 372 g/mol. The number of nitrogens with one attached hydrogen (secondary N) is 1. The molecule has 1 N–H and O–H groups in total. The fraction of sp³-hybridized carbons (Fsp3) is 0.222. The number of benzene rings is 2. The third kappa shape index (κ3) is 4.87. The number of nitro groups is 1. The van der Waals surface area contributed by atoms with E-state index in [2.05, 4.69) is 5.32 Å². The lowest BCUT2D eigenvalue weighted by Crippen LogP contribution is -2.21. The number of nitrogens with zero attached hydrogens (tertiary/aromatic N) is 1. The Morgan fingerprint density at radius 2 is 1.71 bits per heavy atom. The van der Waals surface area contributed by atoms with Crippen molar-refractivity contribution in [2.45, 2.75) is 0 Å². The highest BCUT2D eigenvalue weighted by Crippen LogP contribution is 2.29. The average molecular weight is 390 g/mol. The van der Waals surface area contributed by atoms with Gasteiger partial charge in [0.05, 0.1) is 38.0 Å². The van der Waals surface area contributed by atoms with E-state index in [0.717, 1.165) is 0 Å². The molecule has 0 unspecified atom stereocenters. The summed E-state index contributed by atoms with van der Waals surface area (Å²) in [6, 6.07) is 8.29. The van der Waals surface area contributed by atoms with Crippen LogP contribution in [0, 0.1) is 10.1 Å². The van der Waals surface area contributed by atoms with Gasteiger partial charge < -0.3 is 24.3 Å². The van der Waals surface area contributed by atoms with Gasteiger partial charge in [0.15, 0.2) is 6.61 Å².